The molecule has 0 heterocycles. The first-order chi connectivity index (χ1) is 16.2. The third kappa shape index (κ3) is 6.42. The van der Waals surface area contributed by atoms with Crippen molar-refractivity contribution in [1.29, 1.82) is 0 Å². The van der Waals surface area contributed by atoms with Crippen LogP contribution in [0.15, 0.2) is 71.6 Å². The first-order valence-corrected chi connectivity index (χ1v) is 12.4. The van der Waals surface area contributed by atoms with Gasteiger partial charge in [-0.15, -0.1) is 0 Å². The average Bonchev–Trinajstić information content (AvgIpc) is 2.83. The Hall–Kier alpha value is -2.78. The Bertz CT molecular complexity index is 1250. The molecule has 0 fully saturated rings. The van der Waals surface area contributed by atoms with Crippen molar-refractivity contribution in [3.05, 3.63) is 82.3 Å². The summed E-state index contributed by atoms with van der Waals surface area (Å²) < 4.78 is 38.6. The Balaban J connectivity index is 1.89. The predicted octanol–water partition coefficient (Wildman–Crippen LogP) is 4.88. The number of nitrogens with one attached hydrogen (secondary N) is 1. The van der Waals surface area contributed by atoms with Crippen molar-refractivity contribution in [2.75, 3.05) is 32.6 Å². The van der Waals surface area contributed by atoms with Gasteiger partial charge in [0.15, 0.2) is 0 Å². The van der Waals surface area contributed by atoms with Gasteiger partial charge in [-0.05, 0) is 42.3 Å². The third-order valence-electron chi connectivity index (χ3n) is 5.00. The number of hydrogen-bond donors (Lipinski definition) is 1. The molecule has 0 unspecified atom stereocenters. The van der Waals surface area contributed by atoms with E-state index in [1.54, 1.807) is 18.2 Å². The number of anilines is 1. The van der Waals surface area contributed by atoms with Crippen LogP contribution in [0, 0.1) is 0 Å². The van der Waals surface area contributed by atoms with Crippen LogP contribution in [0.1, 0.15) is 5.56 Å². The second-order valence-electron chi connectivity index (χ2n) is 7.26. The molecule has 0 atom stereocenters. The number of sulfonamides is 1. The average molecular weight is 523 g/mol. The summed E-state index contributed by atoms with van der Waals surface area (Å²) in [5.74, 6) is 0.363. The molecule has 10 heteroatoms. The standard InChI is InChI=1S/C24H24Cl2N2O5S/c1-32-19-9-11-22(33-2)21(15-19)27-24(29)16-28(13-12-17-6-4-3-5-7-17)34(30,31)23-14-18(25)8-10-20(23)26/h3-11,14-15H,12-13,16H2,1-2H3,(H,27,29). The van der Waals surface area contributed by atoms with Crippen LogP contribution in [0.3, 0.4) is 0 Å². The third-order valence-corrected chi connectivity index (χ3v) is 7.57. The van der Waals surface area contributed by atoms with E-state index in [-0.39, 0.29) is 21.5 Å². The zero-order valence-corrected chi connectivity index (χ0v) is 21.0. The van der Waals surface area contributed by atoms with Crippen molar-refractivity contribution in [3.8, 4) is 11.5 Å². The van der Waals surface area contributed by atoms with E-state index in [0.717, 1.165) is 9.87 Å². The molecule has 0 saturated carbocycles. The lowest BCUT2D eigenvalue weighted by molar-refractivity contribution is -0.116. The van der Waals surface area contributed by atoms with Gasteiger partial charge in [-0.3, -0.25) is 4.79 Å². The van der Waals surface area contributed by atoms with Gasteiger partial charge >= 0.3 is 0 Å². The van der Waals surface area contributed by atoms with Gasteiger partial charge in [0, 0.05) is 17.6 Å². The van der Waals surface area contributed by atoms with Gasteiger partial charge in [0.05, 0.1) is 31.5 Å². The Labute approximate surface area is 209 Å². The van der Waals surface area contributed by atoms with Gasteiger partial charge in [0.1, 0.15) is 16.4 Å². The number of methoxy groups -OCH3 is 2. The van der Waals surface area contributed by atoms with Gasteiger partial charge in [0.2, 0.25) is 15.9 Å². The SMILES string of the molecule is COc1ccc(OC)c(NC(=O)CN(CCc2ccccc2)S(=O)(=O)c2cc(Cl)ccc2Cl)c1. The molecule has 0 aliphatic rings. The molecule has 3 aromatic rings. The first-order valence-electron chi connectivity index (χ1n) is 10.3. The molecule has 0 saturated heterocycles. The molecule has 180 valence electrons. The molecule has 0 bridgehead atoms. The minimum absolute atomic E-state index is 0.0176. The van der Waals surface area contributed by atoms with E-state index >= 15 is 0 Å². The normalized spacial score (nSPS) is 11.3. The van der Waals surface area contributed by atoms with Gasteiger partial charge in [-0.1, -0.05) is 53.5 Å². The summed E-state index contributed by atoms with van der Waals surface area (Å²) in [4.78, 5) is 12.8. The number of ether oxygens (including phenoxy) is 2. The van der Waals surface area contributed by atoms with Crippen molar-refractivity contribution < 1.29 is 22.7 Å². The van der Waals surface area contributed by atoms with Crippen molar-refractivity contribution in [2.24, 2.45) is 0 Å². The van der Waals surface area contributed by atoms with Crippen LogP contribution in [0.4, 0.5) is 5.69 Å². The lowest BCUT2D eigenvalue weighted by atomic mass is 10.1. The quantitative estimate of drug-likeness (QED) is 0.410. The summed E-state index contributed by atoms with van der Waals surface area (Å²) in [6.07, 6.45) is 0.397. The van der Waals surface area contributed by atoms with Gasteiger partial charge in [-0.2, -0.15) is 4.31 Å². The number of carbonyl (C=O) groups is 1. The smallest absolute Gasteiger partial charge is 0.245 e. The van der Waals surface area contributed by atoms with Crippen molar-refractivity contribution >= 4 is 44.8 Å². The van der Waals surface area contributed by atoms with E-state index in [2.05, 4.69) is 5.32 Å². The van der Waals surface area contributed by atoms with Crippen LogP contribution in [0.5, 0.6) is 11.5 Å². The maximum absolute atomic E-state index is 13.5. The fourth-order valence-corrected chi connectivity index (χ4v) is 5.39. The second-order valence-corrected chi connectivity index (χ2v) is 10.0. The number of nitrogens with zero attached hydrogens (tertiary/aromatic N) is 1. The van der Waals surface area contributed by atoms with Gasteiger partial charge in [-0.25, -0.2) is 8.42 Å². The molecule has 0 aliphatic carbocycles. The van der Waals surface area contributed by atoms with E-state index in [4.69, 9.17) is 32.7 Å². The van der Waals surface area contributed by atoms with Crippen LogP contribution < -0.4 is 14.8 Å². The van der Waals surface area contributed by atoms with E-state index < -0.39 is 22.5 Å². The highest BCUT2D eigenvalue weighted by molar-refractivity contribution is 7.89. The Morgan fingerprint density at radius 2 is 1.71 bits per heavy atom. The highest BCUT2D eigenvalue weighted by Crippen LogP contribution is 2.30. The second kappa shape index (κ2) is 11.6. The molecule has 1 N–H and O–H groups in total. The van der Waals surface area contributed by atoms with Crippen molar-refractivity contribution in [2.45, 2.75) is 11.3 Å². The molecule has 0 radical (unpaired) electrons. The molecule has 0 aromatic heterocycles. The highest BCUT2D eigenvalue weighted by atomic mass is 35.5. The van der Waals surface area contributed by atoms with Gasteiger partial charge in [0.25, 0.3) is 0 Å². The summed E-state index contributed by atoms with van der Waals surface area (Å²) in [7, 11) is -1.17. The number of benzene rings is 3. The molecular formula is C24H24Cl2N2O5S. The molecular weight excluding hydrogens is 499 g/mol. The zero-order valence-electron chi connectivity index (χ0n) is 18.6. The number of amides is 1. The number of hydrogen-bond acceptors (Lipinski definition) is 5. The van der Waals surface area contributed by atoms with E-state index in [9.17, 15) is 13.2 Å². The largest absolute Gasteiger partial charge is 0.497 e. The fraction of sp³-hybridized carbons (Fsp3) is 0.208. The molecule has 34 heavy (non-hydrogen) atoms. The first kappa shape index (κ1) is 25.8. The molecule has 1 amide bonds. The van der Waals surface area contributed by atoms with E-state index in [0.29, 0.717) is 23.6 Å². The molecule has 0 spiro atoms. The molecule has 3 aromatic carbocycles. The van der Waals surface area contributed by atoms with Crippen LogP contribution >= 0.6 is 23.2 Å². The van der Waals surface area contributed by atoms with Crippen molar-refractivity contribution in [1.82, 2.24) is 4.31 Å². The zero-order chi connectivity index (χ0) is 24.7. The maximum atomic E-state index is 13.5. The topological polar surface area (TPSA) is 84.9 Å². The van der Waals surface area contributed by atoms with Crippen LogP contribution in [0.2, 0.25) is 10.0 Å². The molecule has 0 aliphatic heterocycles. The van der Waals surface area contributed by atoms with E-state index in [1.165, 1.54) is 32.4 Å². The Morgan fingerprint density at radius 3 is 2.38 bits per heavy atom. The fourth-order valence-electron chi connectivity index (χ4n) is 3.26. The molecule has 7 nitrogen and oxygen atoms in total. The van der Waals surface area contributed by atoms with Crippen molar-refractivity contribution in [3.63, 3.8) is 0 Å². The lowest BCUT2D eigenvalue weighted by Gasteiger charge is -2.23. The Morgan fingerprint density at radius 1 is 0.971 bits per heavy atom. The minimum atomic E-state index is -4.14. The lowest BCUT2D eigenvalue weighted by Crippen LogP contribution is -2.39. The van der Waals surface area contributed by atoms with Crippen LogP contribution in [0.25, 0.3) is 0 Å². The molecule has 3 rings (SSSR count). The highest BCUT2D eigenvalue weighted by Gasteiger charge is 2.29. The van der Waals surface area contributed by atoms with Crippen LogP contribution in [-0.4, -0.2) is 45.9 Å². The van der Waals surface area contributed by atoms with Gasteiger partial charge < -0.3 is 14.8 Å². The Kier molecular flexibility index (Phi) is 8.79. The summed E-state index contributed by atoms with van der Waals surface area (Å²) >= 11 is 12.2. The number of halogens is 2. The van der Waals surface area contributed by atoms with Crippen LogP contribution in [-0.2, 0) is 21.2 Å². The minimum Gasteiger partial charge on any atom is -0.497 e. The number of rotatable bonds is 10. The summed E-state index contributed by atoms with van der Waals surface area (Å²) in [6.45, 7) is -0.393. The maximum Gasteiger partial charge on any atom is 0.245 e. The summed E-state index contributed by atoms with van der Waals surface area (Å²) in [5.41, 5.74) is 1.28. The van der Waals surface area contributed by atoms with E-state index in [1.807, 2.05) is 30.3 Å². The number of carbonyl (C=O) groups excluding carboxylic acids is 1. The summed E-state index contributed by atoms with van der Waals surface area (Å²) in [6, 6.07) is 18.5. The summed E-state index contributed by atoms with van der Waals surface area (Å²) in [5, 5.41) is 2.94. The predicted molar refractivity (Wildman–Crippen MR) is 134 cm³/mol. The monoisotopic (exact) mass is 522 g/mol.